The maximum Gasteiger partial charge on any atom is 0.282 e. The summed E-state index contributed by atoms with van der Waals surface area (Å²) in [5.41, 5.74) is 0.933. The third kappa shape index (κ3) is 3.50. The van der Waals surface area contributed by atoms with Gasteiger partial charge in [-0.2, -0.15) is 5.10 Å². The summed E-state index contributed by atoms with van der Waals surface area (Å²) in [4.78, 5) is 11.9. The van der Waals surface area contributed by atoms with Crippen LogP contribution in [0, 0.1) is 0 Å². The monoisotopic (exact) mass is 280 g/mol. The molecule has 2 aromatic rings. The molecule has 2 rings (SSSR count). The van der Waals surface area contributed by atoms with Crippen molar-refractivity contribution in [2.24, 2.45) is 7.05 Å². The lowest BCUT2D eigenvalue weighted by Crippen LogP contribution is -2.23. The smallest absolute Gasteiger partial charge is 0.282 e. The molecule has 7 nitrogen and oxygen atoms in total. The van der Waals surface area contributed by atoms with Gasteiger partial charge in [0, 0.05) is 19.8 Å². The molecule has 0 saturated carbocycles. The summed E-state index contributed by atoms with van der Waals surface area (Å²) in [6.07, 6.45) is 2.70. The Balaban J connectivity index is 1.89. The van der Waals surface area contributed by atoms with Crippen molar-refractivity contribution in [1.82, 2.24) is 25.3 Å². The van der Waals surface area contributed by atoms with E-state index in [-0.39, 0.29) is 5.91 Å². The Morgan fingerprint density at radius 3 is 3.00 bits per heavy atom. The van der Waals surface area contributed by atoms with Crippen LogP contribution in [0.25, 0.3) is 0 Å². The second-order valence-corrected chi connectivity index (χ2v) is 4.95. The minimum Gasteiger partial charge on any atom is -0.360 e. The zero-order valence-corrected chi connectivity index (χ0v) is 11.7. The highest BCUT2D eigenvalue weighted by molar-refractivity contribution is 7.17. The Bertz CT molecular complexity index is 549. The molecule has 19 heavy (non-hydrogen) atoms. The van der Waals surface area contributed by atoms with Crippen molar-refractivity contribution in [3.63, 3.8) is 0 Å². The average molecular weight is 280 g/mol. The molecular weight excluding hydrogens is 264 g/mol. The van der Waals surface area contributed by atoms with Gasteiger partial charge in [-0.15, -0.1) is 10.2 Å². The highest BCUT2D eigenvalue weighted by atomic mass is 32.1. The van der Waals surface area contributed by atoms with E-state index in [1.54, 1.807) is 10.9 Å². The molecule has 0 spiro atoms. The van der Waals surface area contributed by atoms with Crippen LogP contribution in [0.2, 0.25) is 0 Å². The maximum absolute atomic E-state index is 11.9. The first-order valence-corrected chi connectivity index (χ1v) is 6.84. The van der Waals surface area contributed by atoms with Gasteiger partial charge in [0.1, 0.15) is 0 Å². The summed E-state index contributed by atoms with van der Waals surface area (Å²) in [6.45, 7) is 3.31. The maximum atomic E-state index is 11.9. The number of nitrogens with one attached hydrogen (secondary N) is 2. The lowest BCUT2D eigenvalue weighted by atomic mass is 10.4. The van der Waals surface area contributed by atoms with Gasteiger partial charge in [-0.3, -0.25) is 9.48 Å². The molecule has 8 heteroatoms. The molecule has 0 unspecified atom stereocenters. The summed E-state index contributed by atoms with van der Waals surface area (Å²) in [5, 5.41) is 18.7. The van der Waals surface area contributed by atoms with Crippen molar-refractivity contribution in [3.8, 4) is 0 Å². The fourth-order valence-corrected chi connectivity index (χ4v) is 2.13. The molecule has 0 aliphatic heterocycles. The van der Waals surface area contributed by atoms with E-state index < -0.39 is 0 Å². The molecule has 0 fully saturated rings. The molecule has 2 N–H and O–H groups in total. The van der Waals surface area contributed by atoms with E-state index in [1.165, 1.54) is 11.3 Å². The molecular formula is C11H16N6OS. The first-order chi connectivity index (χ1) is 9.20. The van der Waals surface area contributed by atoms with Crippen LogP contribution in [-0.2, 0) is 13.6 Å². The van der Waals surface area contributed by atoms with E-state index in [0.717, 1.165) is 18.7 Å². The summed E-state index contributed by atoms with van der Waals surface area (Å²) in [7, 11) is 1.83. The van der Waals surface area contributed by atoms with Crippen molar-refractivity contribution < 1.29 is 4.79 Å². The highest BCUT2D eigenvalue weighted by Crippen LogP contribution is 2.14. The van der Waals surface area contributed by atoms with E-state index in [4.69, 9.17) is 0 Å². The fraction of sp³-hybridized carbons (Fsp3) is 0.455. The number of aromatic nitrogens is 4. The topological polar surface area (TPSA) is 84.7 Å². The number of nitrogens with zero attached hydrogens (tertiary/aromatic N) is 4. The number of carbonyl (C=O) groups is 1. The van der Waals surface area contributed by atoms with Gasteiger partial charge in [-0.25, -0.2) is 0 Å². The van der Waals surface area contributed by atoms with E-state index in [1.807, 2.05) is 13.1 Å². The molecule has 2 heterocycles. The van der Waals surface area contributed by atoms with Crippen molar-refractivity contribution >= 4 is 22.4 Å². The molecule has 2 aromatic heterocycles. The molecule has 0 aliphatic rings. The molecule has 0 aromatic carbocycles. The van der Waals surface area contributed by atoms with Crippen LogP contribution in [-0.4, -0.2) is 32.4 Å². The van der Waals surface area contributed by atoms with E-state index in [0.29, 0.717) is 16.7 Å². The zero-order valence-electron chi connectivity index (χ0n) is 10.9. The Labute approximate surface area is 115 Å². The quantitative estimate of drug-likeness (QED) is 0.825. The van der Waals surface area contributed by atoms with Crippen molar-refractivity contribution in [2.45, 2.75) is 19.9 Å². The summed E-state index contributed by atoms with van der Waals surface area (Å²) < 4.78 is 1.72. The molecule has 0 radical (unpaired) electrons. The molecule has 0 atom stereocenters. The van der Waals surface area contributed by atoms with Gasteiger partial charge in [0.25, 0.3) is 5.91 Å². The first kappa shape index (κ1) is 13.5. The third-order valence-electron chi connectivity index (χ3n) is 2.50. The highest BCUT2D eigenvalue weighted by Gasteiger charge is 2.12. The van der Waals surface area contributed by atoms with Crippen molar-refractivity contribution in [1.29, 1.82) is 0 Å². The summed E-state index contributed by atoms with van der Waals surface area (Å²) in [5.74, 6) is -0.219. The Kier molecular flexibility index (Phi) is 4.45. The number of amides is 1. The molecule has 0 bridgehead atoms. The van der Waals surface area contributed by atoms with Gasteiger partial charge >= 0.3 is 0 Å². The van der Waals surface area contributed by atoms with Crippen molar-refractivity contribution in [3.05, 3.63) is 23.0 Å². The number of hydrogen-bond acceptors (Lipinski definition) is 6. The largest absolute Gasteiger partial charge is 0.360 e. The molecule has 1 amide bonds. The summed E-state index contributed by atoms with van der Waals surface area (Å²) >= 11 is 1.25. The molecule has 0 aliphatic carbocycles. The minimum absolute atomic E-state index is 0.219. The van der Waals surface area contributed by atoms with Gasteiger partial charge < -0.3 is 10.6 Å². The van der Waals surface area contributed by atoms with Gasteiger partial charge in [0.15, 0.2) is 0 Å². The van der Waals surface area contributed by atoms with Gasteiger partial charge in [-0.1, -0.05) is 18.3 Å². The predicted molar refractivity (Wildman–Crippen MR) is 73.1 cm³/mol. The predicted octanol–water partition coefficient (Wildman–Crippen LogP) is 1.02. The second kappa shape index (κ2) is 6.28. The number of rotatable bonds is 6. The lowest BCUT2D eigenvalue weighted by Gasteiger charge is -2.02. The summed E-state index contributed by atoms with van der Waals surface area (Å²) in [6, 6.07) is 1.86. The zero-order chi connectivity index (χ0) is 13.7. The van der Waals surface area contributed by atoms with Gasteiger partial charge in [0.2, 0.25) is 10.1 Å². The van der Waals surface area contributed by atoms with Crippen LogP contribution in [0.1, 0.15) is 28.8 Å². The van der Waals surface area contributed by atoms with Gasteiger partial charge in [0.05, 0.1) is 12.2 Å². The second-order valence-electron chi connectivity index (χ2n) is 3.97. The van der Waals surface area contributed by atoms with Crippen molar-refractivity contribution in [2.75, 3.05) is 11.9 Å². The van der Waals surface area contributed by atoms with Crippen LogP contribution in [0.5, 0.6) is 0 Å². The van der Waals surface area contributed by atoms with Crippen LogP contribution < -0.4 is 10.6 Å². The van der Waals surface area contributed by atoms with E-state index >= 15 is 0 Å². The lowest BCUT2D eigenvalue weighted by molar-refractivity contribution is 0.0949. The first-order valence-electron chi connectivity index (χ1n) is 6.03. The number of anilines is 1. The van der Waals surface area contributed by atoms with Crippen LogP contribution >= 0.6 is 11.3 Å². The molecule has 0 saturated heterocycles. The number of hydrogen-bond donors (Lipinski definition) is 2. The SMILES string of the molecule is CCCNc1nnc(C(=O)NCc2ccnn2C)s1. The van der Waals surface area contributed by atoms with E-state index in [9.17, 15) is 4.79 Å². The fourth-order valence-electron chi connectivity index (χ4n) is 1.44. The molecule has 102 valence electrons. The normalized spacial score (nSPS) is 10.4. The van der Waals surface area contributed by atoms with Crippen LogP contribution in [0.3, 0.4) is 0 Å². The van der Waals surface area contributed by atoms with Crippen LogP contribution in [0.15, 0.2) is 12.3 Å². The number of aryl methyl sites for hydroxylation is 1. The van der Waals surface area contributed by atoms with Gasteiger partial charge in [-0.05, 0) is 12.5 Å². The standard InChI is InChI=1S/C11H16N6OS/c1-3-5-12-11-16-15-10(19-11)9(18)13-7-8-4-6-14-17(8)2/h4,6H,3,5,7H2,1-2H3,(H,12,16)(H,13,18). The Morgan fingerprint density at radius 1 is 1.47 bits per heavy atom. The minimum atomic E-state index is -0.219. The Hall–Kier alpha value is -1.96. The third-order valence-corrected chi connectivity index (χ3v) is 3.38. The average Bonchev–Trinajstić information content (AvgIpc) is 3.03. The number of carbonyl (C=O) groups excluding carboxylic acids is 1. The van der Waals surface area contributed by atoms with Crippen LogP contribution in [0.4, 0.5) is 5.13 Å². The van der Waals surface area contributed by atoms with E-state index in [2.05, 4.69) is 32.9 Å². The Morgan fingerprint density at radius 2 is 2.32 bits per heavy atom.